The molecule has 0 unspecified atom stereocenters. The maximum absolute atomic E-state index is 13.1. The minimum Gasteiger partial charge on any atom is -0.384 e. The third kappa shape index (κ3) is 3.75. The topological polar surface area (TPSA) is 82.1 Å². The van der Waals surface area contributed by atoms with Crippen LogP contribution >= 0.6 is 11.6 Å². The Bertz CT molecular complexity index is 1180. The highest BCUT2D eigenvalue weighted by molar-refractivity contribution is 6.30. The number of aliphatic hydroxyl groups is 1. The molecule has 0 atom stereocenters. The van der Waals surface area contributed by atoms with Crippen molar-refractivity contribution in [2.45, 2.75) is 32.9 Å². The molecule has 0 saturated heterocycles. The van der Waals surface area contributed by atoms with Crippen LogP contribution in [0.5, 0.6) is 0 Å². The number of imidazole rings is 1. The minimum absolute atomic E-state index is 0.277. The molecule has 0 spiro atoms. The van der Waals surface area contributed by atoms with Gasteiger partial charge in [-0.25, -0.2) is 9.78 Å². The maximum Gasteiger partial charge on any atom is 0.332 e. The number of hydrogen-bond acceptors (Lipinski definition) is 4. The molecule has 1 N–H and O–H groups in total. The predicted molar refractivity (Wildman–Crippen MR) is 109 cm³/mol. The summed E-state index contributed by atoms with van der Waals surface area (Å²) in [6.07, 6.45) is 1.59. The summed E-state index contributed by atoms with van der Waals surface area (Å²) in [5.41, 5.74) is 0.715. The summed E-state index contributed by atoms with van der Waals surface area (Å²) in [6.45, 7) is 2.36. The molecule has 0 aliphatic heterocycles. The third-order valence-electron chi connectivity index (χ3n) is 4.50. The third-order valence-corrected chi connectivity index (χ3v) is 4.75. The van der Waals surface area contributed by atoms with Crippen molar-refractivity contribution in [3.63, 3.8) is 0 Å². The lowest BCUT2D eigenvalue weighted by Crippen LogP contribution is -2.39. The number of aromatic nitrogens is 4. The second kappa shape index (κ2) is 8.46. The summed E-state index contributed by atoms with van der Waals surface area (Å²) in [6, 6.07) is 7.25. The van der Waals surface area contributed by atoms with E-state index in [-0.39, 0.29) is 17.8 Å². The van der Waals surface area contributed by atoms with E-state index in [1.54, 1.807) is 23.7 Å². The summed E-state index contributed by atoms with van der Waals surface area (Å²) in [4.78, 5) is 30.2. The molecule has 0 bridgehead atoms. The number of benzene rings is 1. The maximum atomic E-state index is 13.1. The largest absolute Gasteiger partial charge is 0.384 e. The van der Waals surface area contributed by atoms with E-state index in [9.17, 15) is 9.59 Å². The van der Waals surface area contributed by atoms with Crippen LogP contribution in [0, 0.1) is 11.8 Å². The van der Waals surface area contributed by atoms with Crippen LogP contribution in [0.25, 0.3) is 11.2 Å². The molecule has 0 aliphatic carbocycles. The summed E-state index contributed by atoms with van der Waals surface area (Å²) in [5, 5.41) is 9.68. The Balaban J connectivity index is 2.28. The molecule has 28 heavy (non-hydrogen) atoms. The molecular formula is C20H21ClN4O3. The molecule has 0 saturated carbocycles. The van der Waals surface area contributed by atoms with Crippen LogP contribution in [-0.4, -0.2) is 30.4 Å². The van der Waals surface area contributed by atoms with E-state index in [4.69, 9.17) is 16.7 Å². The van der Waals surface area contributed by atoms with E-state index in [2.05, 4.69) is 16.8 Å². The van der Waals surface area contributed by atoms with Gasteiger partial charge in [0.15, 0.2) is 17.0 Å². The van der Waals surface area contributed by atoms with Gasteiger partial charge in [-0.05, 0) is 30.0 Å². The smallest absolute Gasteiger partial charge is 0.332 e. The van der Waals surface area contributed by atoms with Crippen LogP contribution in [0.1, 0.15) is 31.2 Å². The Morgan fingerprint density at radius 1 is 1.18 bits per heavy atom. The average Bonchev–Trinajstić information content (AvgIpc) is 3.05. The predicted octanol–water partition coefficient (Wildman–Crippen LogP) is 1.74. The monoisotopic (exact) mass is 400 g/mol. The van der Waals surface area contributed by atoms with Crippen LogP contribution in [-0.2, 0) is 20.1 Å². The van der Waals surface area contributed by atoms with E-state index in [0.717, 1.165) is 18.4 Å². The molecule has 146 valence electrons. The quantitative estimate of drug-likeness (QED) is 0.661. The Morgan fingerprint density at radius 3 is 2.54 bits per heavy atom. The number of unbranched alkanes of at least 4 members (excludes halogenated alkanes) is 1. The van der Waals surface area contributed by atoms with Gasteiger partial charge in [-0.3, -0.25) is 13.9 Å². The minimum atomic E-state index is -0.399. The second-order valence-electron chi connectivity index (χ2n) is 6.43. The number of hydrogen-bond donors (Lipinski definition) is 1. The van der Waals surface area contributed by atoms with Crippen molar-refractivity contribution in [2.75, 3.05) is 6.61 Å². The van der Waals surface area contributed by atoms with Gasteiger partial charge in [-0.2, -0.15) is 0 Å². The lowest BCUT2D eigenvalue weighted by Gasteiger charge is -2.10. The summed E-state index contributed by atoms with van der Waals surface area (Å²) in [5.74, 6) is 5.67. The highest BCUT2D eigenvalue weighted by Gasteiger charge is 2.19. The summed E-state index contributed by atoms with van der Waals surface area (Å²) < 4.78 is 4.30. The number of halogens is 1. The Morgan fingerprint density at radius 2 is 1.89 bits per heavy atom. The van der Waals surface area contributed by atoms with Crippen molar-refractivity contribution in [3.05, 3.63) is 61.5 Å². The first kappa shape index (κ1) is 19.9. The zero-order valence-electron chi connectivity index (χ0n) is 15.8. The van der Waals surface area contributed by atoms with E-state index >= 15 is 0 Å². The van der Waals surface area contributed by atoms with Gasteiger partial charge in [0.05, 0.1) is 6.54 Å². The van der Waals surface area contributed by atoms with E-state index in [1.807, 2.05) is 19.1 Å². The number of fused-ring (bicyclic) bond motifs is 1. The standard InChI is InChI=1S/C20H21ClN4O3/c1-3-4-11-24-19(27)17-18(23(2)20(24)28)22-16(6-5-12-26)25(17)13-14-7-9-15(21)10-8-14/h7-10,26H,3-4,11-13H2,1-2H3. The second-order valence-corrected chi connectivity index (χ2v) is 6.87. The van der Waals surface area contributed by atoms with Gasteiger partial charge in [0.1, 0.15) is 6.61 Å². The first-order valence-corrected chi connectivity index (χ1v) is 9.40. The van der Waals surface area contributed by atoms with Crippen molar-refractivity contribution in [1.82, 2.24) is 18.7 Å². The number of aliphatic hydroxyl groups excluding tert-OH is 1. The lowest BCUT2D eigenvalue weighted by molar-refractivity contribution is 0.350. The first-order chi connectivity index (χ1) is 13.5. The van der Waals surface area contributed by atoms with Crippen LogP contribution in [0.3, 0.4) is 0 Å². The first-order valence-electron chi connectivity index (χ1n) is 9.02. The highest BCUT2D eigenvalue weighted by Crippen LogP contribution is 2.16. The molecule has 2 aromatic heterocycles. The molecule has 3 aromatic rings. The molecule has 8 heteroatoms. The van der Waals surface area contributed by atoms with Crippen LogP contribution in [0.4, 0.5) is 0 Å². The molecule has 0 fully saturated rings. The van der Waals surface area contributed by atoms with Gasteiger partial charge in [0.2, 0.25) is 0 Å². The molecule has 7 nitrogen and oxygen atoms in total. The average molecular weight is 401 g/mol. The summed E-state index contributed by atoms with van der Waals surface area (Å²) in [7, 11) is 1.59. The van der Waals surface area contributed by atoms with Crippen molar-refractivity contribution in [2.24, 2.45) is 7.05 Å². The molecular weight excluding hydrogens is 380 g/mol. The Labute approximate surface area is 166 Å². The molecule has 1 aromatic carbocycles. The molecule has 0 amide bonds. The van der Waals surface area contributed by atoms with E-state index in [0.29, 0.717) is 29.5 Å². The summed E-state index contributed by atoms with van der Waals surface area (Å²) >= 11 is 5.96. The Hall–Kier alpha value is -2.82. The zero-order chi connectivity index (χ0) is 20.3. The van der Waals surface area contributed by atoms with Crippen molar-refractivity contribution in [1.29, 1.82) is 0 Å². The number of nitrogens with zero attached hydrogens (tertiary/aromatic N) is 4. The Kier molecular flexibility index (Phi) is 6.02. The zero-order valence-corrected chi connectivity index (χ0v) is 16.5. The van der Waals surface area contributed by atoms with E-state index < -0.39 is 5.69 Å². The van der Waals surface area contributed by atoms with Gasteiger partial charge in [0.25, 0.3) is 5.56 Å². The van der Waals surface area contributed by atoms with Crippen LogP contribution < -0.4 is 11.2 Å². The molecule has 0 radical (unpaired) electrons. The van der Waals surface area contributed by atoms with Crippen LogP contribution in [0.15, 0.2) is 33.9 Å². The van der Waals surface area contributed by atoms with Crippen molar-refractivity contribution >= 4 is 22.8 Å². The van der Waals surface area contributed by atoms with Gasteiger partial charge in [-0.15, -0.1) is 0 Å². The van der Waals surface area contributed by atoms with Gasteiger partial charge >= 0.3 is 5.69 Å². The van der Waals surface area contributed by atoms with Crippen LogP contribution in [0.2, 0.25) is 5.02 Å². The van der Waals surface area contributed by atoms with Gasteiger partial charge in [0, 0.05) is 18.6 Å². The lowest BCUT2D eigenvalue weighted by atomic mass is 10.2. The van der Waals surface area contributed by atoms with Gasteiger partial charge in [-0.1, -0.05) is 43.0 Å². The van der Waals surface area contributed by atoms with Crippen molar-refractivity contribution < 1.29 is 5.11 Å². The normalized spacial score (nSPS) is 10.9. The fourth-order valence-corrected chi connectivity index (χ4v) is 3.15. The molecule has 2 heterocycles. The number of rotatable bonds is 5. The van der Waals surface area contributed by atoms with E-state index in [1.165, 1.54) is 9.13 Å². The molecule has 3 rings (SSSR count). The fraction of sp³-hybridized carbons (Fsp3) is 0.350. The fourth-order valence-electron chi connectivity index (χ4n) is 3.03. The van der Waals surface area contributed by atoms with Crippen molar-refractivity contribution in [3.8, 4) is 11.8 Å². The highest BCUT2D eigenvalue weighted by atomic mass is 35.5. The number of aryl methyl sites for hydroxylation is 1. The van der Waals surface area contributed by atoms with Gasteiger partial charge < -0.3 is 9.67 Å². The SMILES string of the molecule is CCCCn1c(=O)c2c(nc(C#CCO)n2Cc2ccc(Cl)cc2)n(C)c1=O. The molecule has 0 aliphatic rings.